The van der Waals surface area contributed by atoms with Crippen LogP contribution in [0.15, 0.2) is 75.9 Å². The zero-order valence-corrected chi connectivity index (χ0v) is 73.3. The number of benzene rings is 2. The summed E-state index contributed by atoms with van der Waals surface area (Å²) in [5.74, 6) is -19.6. The van der Waals surface area contributed by atoms with Crippen LogP contribution in [0.2, 0.25) is 0 Å². The van der Waals surface area contributed by atoms with Crippen molar-refractivity contribution in [2.75, 3.05) is 26.2 Å². The molecule has 0 aliphatic heterocycles. The number of nitrogens with two attached hydrogens (primary N) is 10. The molecule has 13 amide bonds. The quantitative estimate of drug-likeness (QED) is 0.0133. The number of alkyl halides is 2. The number of nitrogens with zero attached hydrogens (tertiary/aromatic N) is 3. The van der Waals surface area contributed by atoms with Gasteiger partial charge in [0.1, 0.15) is 66.5 Å². The molecule has 696 valence electrons. The highest BCUT2D eigenvalue weighted by Crippen LogP contribution is 2.24. The van der Waals surface area contributed by atoms with Gasteiger partial charge in [0, 0.05) is 80.0 Å². The molecule has 0 aliphatic rings. The molecule has 0 saturated carbocycles. The van der Waals surface area contributed by atoms with Crippen molar-refractivity contribution in [3.05, 3.63) is 72.1 Å². The van der Waals surface area contributed by atoms with E-state index < -0.39 is 179 Å². The van der Waals surface area contributed by atoms with Crippen molar-refractivity contribution >= 4 is 122 Å². The predicted octanol–water partition coefficient (Wildman–Crippen LogP) is -1.69. The summed E-state index contributed by atoms with van der Waals surface area (Å²) in [4.78, 5) is 214. The molecule has 0 saturated heterocycles. The number of guanidine groups is 3. The molecule has 2 aromatic heterocycles. The summed E-state index contributed by atoms with van der Waals surface area (Å²) in [6.07, 6.45) is 4.26. The highest BCUT2D eigenvalue weighted by molar-refractivity contribution is 6.01. The van der Waals surface area contributed by atoms with Crippen molar-refractivity contribution in [1.29, 1.82) is 0 Å². The first kappa shape index (κ1) is 107. The molecule has 4 aromatic rings. The van der Waals surface area contributed by atoms with E-state index in [-0.39, 0.29) is 126 Å². The normalized spacial score (nSPS) is 14.7. The molecule has 0 fully saturated rings. The number of H-pyrrole nitrogens is 2. The summed E-state index contributed by atoms with van der Waals surface area (Å²) in [5.41, 5.74) is 59.2. The lowest BCUT2D eigenvalue weighted by Gasteiger charge is -2.31. The maximum absolute atomic E-state index is 15.3. The second-order valence-corrected chi connectivity index (χ2v) is 32.2. The molecule has 2 heterocycles. The number of carboxylic acids is 1. The predicted molar refractivity (Wildman–Crippen MR) is 470 cm³/mol. The van der Waals surface area contributed by atoms with Gasteiger partial charge in [0.15, 0.2) is 17.9 Å². The van der Waals surface area contributed by atoms with Crippen molar-refractivity contribution in [1.82, 2.24) is 68.5 Å². The molecule has 2 aromatic carbocycles. The highest BCUT2D eigenvalue weighted by Gasteiger charge is 2.40. The zero-order valence-electron chi connectivity index (χ0n) is 73.3. The molecule has 43 heteroatoms. The number of amides is 13. The van der Waals surface area contributed by atoms with Gasteiger partial charge in [0.2, 0.25) is 76.8 Å². The molecule has 0 unspecified atom stereocenters. The number of fused-ring (bicyclic) bond motifs is 2. The van der Waals surface area contributed by atoms with Crippen LogP contribution >= 0.6 is 0 Å². The Labute approximate surface area is 726 Å². The van der Waals surface area contributed by atoms with Crippen LogP contribution < -0.4 is 116 Å². The standard InChI is InChI=1S/C79H130N26O13.C3H4F2O2/c1-11-44(9)63(75(117)99-54(28-20-34-91-78(86)87)66(108)95-52(65(83)107)26-17-18-32-80)104-69(111)55(29-21-35-92-79(88)89)97-70(112)59(38-47-40-94-51-25-16-14-23-49(47)51)102-74(116)62(43(7)8)103-76(118)64(45(10)12-2)105-72(114)57(36-41(3)4)100-71(113)58(37-46-39-93-50-24-15-13-22-48(46)50)101-67(109)53(27-19-33-90-77(84)85)96-68(110)56(30-31-60(81)106)98-73(115)61(82)42(5)6;1-3(4,5)2(6)7/h13-16,22-25,39-45,52-59,61-64,93-94H,11-12,17-21,26-38,80,82H2,1-10H3,(H2,81,106)(H2,83,107)(H,95,108)(H,96,110)(H,97,112)(H,98,115)(H,99,117)(H,100,113)(H,101,109)(H,102,116)(H,103,118)(H,104,111)(H,105,114)(H4,84,85,90)(H4,86,87,91)(H4,88,89,92);1H3,(H,6,7)/t44-,45-,52-,53-,54-,55-,56-,57-,58-,59-,61-,62-,63-,64-;/m0./s1. The Morgan fingerprint density at radius 1 is 0.416 bits per heavy atom. The van der Waals surface area contributed by atoms with E-state index in [9.17, 15) is 51.9 Å². The fourth-order valence-corrected chi connectivity index (χ4v) is 13.0. The second-order valence-electron chi connectivity index (χ2n) is 32.2. The Morgan fingerprint density at radius 2 is 0.736 bits per heavy atom. The Balaban J connectivity index is 0.00000550. The molecule has 14 atom stereocenters. The van der Waals surface area contributed by atoms with Crippen LogP contribution in [0.1, 0.15) is 177 Å². The third kappa shape index (κ3) is 37.7. The molecular weight excluding hydrogens is 1630 g/mol. The maximum atomic E-state index is 15.3. The van der Waals surface area contributed by atoms with Crippen molar-refractivity contribution in [3.8, 4) is 0 Å². The van der Waals surface area contributed by atoms with Gasteiger partial charge in [0.05, 0.1) is 6.04 Å². The maximum Gasteiger partial charge on any atom is 0.374 e. The van der Waals surface area contributed by atoms with Gasteiger partial charge in [-0.1, -0.05) is 118 Å². The van der Waals surface area contributed by atoms with Crippen LogP contribution in [0.25, 0.3) is 21.8 Å². The number of para-hydroxylation sites is 2. The number of aliphatic imine (C=N–C) groups is 3. The van der Waals surface area contributed by atoms with Gasteiger partial charge in [0.25, 0.3) is 0 Å². The minimum absolute atomic E-state index is 0.00419. The van der Waals surface area contributed by atoms with Crippen molar-refractivity contribution in [3.63, 3.8) is 0 Å². The Bertz CT molecular complexity index is 4330. The zero-order chi connectivity index (χ0) is 94.1. The number of hydrogen-bond acceptors (Lipinski definition) is 19. The summed E-state index contributed by atoms with van der Waals surface area (Å²) in [5, 5.41) is 39.3. The minimum atomic E-state index is -3.58. The summed E-state index contributed by atoms with van der Waals surface area (Å²) in [6, 6.07) is -1.86. The number of halogens is 2. The van der Waals surface area contributed by atoms with Gasteiger partial charge in [-0.3, -0.25) is 77.3 Å². The molecule has 4 rings (SSSR count). The first-order valence-corrected chi connectivity index (χ1v) is 42.0. The van der Waals surface area contributed by atoms with Crippen LogP contribution in [0.4, 0.5) is 8.78 Å². The van der Waals surface area contributed by atoms with Crippen LogP contribution in [0, 0.1) is 29.6 Å². The first-order chi connectivity index (χ1) is 58.7. The van der Waals surface area contributed by atoms with E-state index in [1.165, 1.54) is 0 Å². The van der Waals surface area contributed by atoms with E-state index in [4.69, 9.17) is 62.4 Å². The van der Waals surface area contributed by atoms with E-state index in [1.807, 2.05) is 12.1 Å². The molecule has 0 spiro atoms. The van der Waals surface area contributed by atoms with Crippen LogP contribution in [-0.4, -0.2) is 220 Å². The second kappa shape index (κ2) is 53.7. The third-order valence-electron chi connectivity index (χ3n) is 20.7. The van der Waals surface area contributed by atoms with Crippen LogP contribution in [0.5, 0.6) is 0 Å². The van der Waals surface area contributed by atoms with Crippen molar-refractivity contribution in [2.45, 2.75) is 257 Å². The number of aliphatic carboxylic acids is 1. The number of hydrogen-bond donors (Lipinski definition) is 24. The molecule has 0 bridgehead atoms. The van der Waals surface area contributed by atoms with Gasteiger partial charge in [-0.15, -0.1) is 0 Å². The van der Waals surface area contributed by atoms with Gasteiger partial charge in [-0.25, -0.2) is 4.79 Å². The van der Waals surface area contributed by atoms with Crippen molar-refractivity contribution < 1.29 is 81.0 Å². The lowest BCUT2D eigenvalue weighted by molar-refractivity contribution is -0.162. The number of aromatic nitrogens is 2. The Morgan fingerprint density at radius 3 is 1.10 bits per heavy atom. The SMILES string of the molecule is CC(F)(F)C(=O)O.CC[C@H](C)[C@H](NC(=O)[C@H](CCCN=C(N)N)NC(=O)[C@H](Cc1c[nH]c2ccccc12)NC(=O)[C@@H](NC(=O)[C@@H](NC(=O)[C@H](CC(C)C)NC(=O)[C@H](Cc1c[nH]c2ccccc12)NC(=O)[C@H](CCCN=C(N)N)NC(=O)[C@H](CCC(N)=O)NC(=O)[C@@H](N)C(C)C)[C@@H](C)CC)C(C)C)C(=O)N[C@@H](CCCN=C(N)N)C(=O)N[C@@H](CCCCN)C(N)=O. The number of primary amides is 2. The molecule has 34 N–H and O–H groups in total. The van der Waals surface area contributed by atoms with E-state index >= 15 is 24.0 Å². The lowest BCUT2D eigenvalue weighted by atomic mass is 9.95. The van der Waals surface area contributed by atoms with Crippen LogP contribution in [0.3, 0.4) is 0 Å². The smallest absolute Gasteiger partial charge is 0.374 e. The van der Waals surface area contributed by atoms with E-state index in [0.717, 1.165) is 0 Å². The minimum Gasteiger partial charge on any atom is -0.477 e. The number of rotatable bonds is 55. The number of carbonyl (C=O) groups is 14. The number of carboxylic acid groups (broad SMARTS) is 1. The number of aromatic amines is 2. The van der Waals surface area contributed by atoms with Crippen molar-refractivity contribution in [2.24, 2.45) is 102 Å². The number of unbranched alkanes of at least 4 members (excludes halogenated alkanes) is 1. The number of nitrogens with one attached hydrogen (secondary N) is 13. The molecule has 41 nitrogen and oxygen atoms in total. The fraction of sp³-hybridized carbons (Fsp3) is 0.598. The molecule has 0 aliphatic carbocycles. The Kier molecular flexibility index (Phi) is 45.9. The van der Waals surface area contributed by atoms with E-state index in [2.05, 4.69) is 83.4 Å². The topological polar surface area (TPSA) is 720 Å². The fourth-order valence-electron chi connectivity index (χ4n) is 13.0. The number of carbonyl (C=O) groups excluding carboxylic acids is 13. The largest absolute Gasteiger partial charge is 0.477 e. The summed E-state index contributed by atoms with van der Waals surface area (Å²) >= 11 is 0. The average molecular weight is 1760 g/mol. The lowest BCUT2D eigenvalue weighted by Crippen LogP contribution is -2.62. The summed E-state index contributed by atoms with van der Waals surface area (Å²) < 4.78 is 22.5. The molecule has 0 radical (unpaired) electrons. The van der Waals surface area contributed by atoms with Crippen LogP contribution in [-0.2, 0) is 80.0 Å². The van der Waals surface area contributed by atoms with Gasteiger partial charge >= 0.3 is 11.9 Å². The highest BCUT2D eigenvalue weighted by atomic mass is 19.3. The first-order valence-electron chi connectivity index (χ1n) is 42.0. The average Bonchev–Trinajstić information content (AvgIpc) is 1.72. The summed E-state index contributed by atoms with van der Waals surface area (Å²) in [6.45, 7) is 18.0. The summed E-state index contributed by atoms with van der Waals surface area (Å²) in [7, 11) is 0. The third-order valence-corrected chi connectivity index (χ3v) is 20.7. The monoisotopic (exact) mass is 1760 g/mol. The van der Waals surface area contributed by atoms with Gasteiger partial charge in [-0.2, -0.15) is 8.78 Å². The van der Waals surface area contributed by atoms with E-state index in [0.29, 0.717) is 72.1 Å². The van der Waals surface area contributed by atoms with Gasteiger partial charge in [-0.05, 0) is 130 Å². The Hall–Kier alpha value is -12.3. The molecular formula is C82H134F2N26O15. The molecule has 125 heavy (non-hydrogen) atoms. The van der Waals surface area contributed by atoms with E-state index in [1.54, 1.807) is 118 Å². The van der Waals surface area contributed by atoms with Gasteiger partial charge < -0.3 is 131 Å².